The van der Waals surface area contributed by atoms with Crippen molar-refractivity contribution in [1.82, 2.24) is 15.3 Å². The molecule has 1 aromatic carbocycles. The maximum Gasteiger partial charge on any atom is 0.227 e. The third kappa shape index (κ3) is 4.93. The van der Waals surface area contributed by atoms with Gasteiger partial charge in [0.2, 0.25) is 5.91 Å². The average molecular weight is 365 g/mol. The quantitative estimate of drug-likeness (QED) is 0.815. The van der Waals surface area contributed by atoms with Crippen LogP contribution in [0.25, 0.3) is 0 Å². The largest absolute Gasteiger partial charge is 0.326 e. The molecule has 0 radical (unpaired) electrons. The van der Waals surface area contributed by atoms with E-state index in [-0.39, 0.29) is 24.2 Å². The highest BCUT2D eigenvalue weighted by atomic mass is 35.5. The minimum absolute atomic E-state index is 0. The SMILES string of the molecule is Cc1cc(Sc2ncccn2)ccc1NC(=O)C1CCNCC1.Cl. The molecule has 2 aromatic rings. The van der Waals surface area contributed by atoms with E-state index >= 15 is 0 Å². The van der Waals surface area contributed by atoms with Crippen LogP contribution >= 0.6 is 24.2 Å². The van der Waals surface area contributed by atoms with Crippen LogP contribution in [0.15, 0.2) is 46.7 Å². The van der Waals surface area contributed by atoms with Gasteiger partial charge in [-0.3, -0.25) is 4.79 Å². The summed E-state index contributed by atoms with van der Waals surface area (Å²) < 4.78 is 0. The molecule has 5 nitrogen and oxygen atoms in total. The molecule has 1 aliphatic rings. The second-order valence-corrected chi connectivity index (χ2v) is 6.66. The summed E-state index contributed by atoms with van der Waals surface area (Å²) in [6, 6.07) is 7.80. The maximum atomic E-state index is 12.3. The number of benzene rings is 1. The molecule has 24 heavy (non-hydrogen) atoms. The molecule has 0 saturated carbocycles. The molecule has 0 bridgehead atoms. The maximum absolute atomic E-state index is 12.3. The first kappa shape index (κ1) is 18.7. The molecule has 2 N–H and O–H groups in total. The van der Waals surface area contributed by atoms with Gasteiger partial charge in [0.15, 0.2) is 5.16 Å². The van der Waals surface area contributed by atoms with E-state index < -0.39 is 0 Å². The second-order valence-electron chi connectivity index (χ2n) is 5.62. The highest BCUT2D eigenvalue weighted by Crippen LogP contribution is 2.28. The van der Waals surface area contributed by atoms with E-state index in [4.69, 9.17) is 0 Å². The topological polar surface area (TPSA) is 66.9 Å². The van der Waals surface area contributed by atoms with Crippen LogP contribution < -0.4 is 10.6 Å². The number of carbonyl (C=O) groups excluding carboxylic acids is 1. The van der Waals surface area contributed by atoms with Gasteiger partial charge in [0.05, 0.1) is 0 Å². The smallest absolute Gasteiger partial charge is 0.227 e. The van der Waals surface area contributed by atoms with Gasteiger partial charge in [-0.1, -0.05) is 0 Å². The summed E-state index contributed by atoms with van der Waals surface area (Å²) in [7, 11) is 0. The van der Waals surface area contributed by atoms with Crippen LogP contribution in [-0.4, -0.2) is 29.0 Å². The van der Waals surface area contributed by atoms with E-state index in [0.717, 1.165) is 47.2 Å². The summed E-state index contributed by atoms with van der Waals surface area (Å²) in [4.78, 5) is 21.8. The van der Waals surface area contributed by atoms with Crippen molar-refractivity contribution in [3.05, 3.63) is 42.2 Å². The lowest BCUT2D eigenvalue weighted by Gasteiger charge is -2.22. The molecule has 0 spiro atoms. The first-order valence-corrected chi connectivity index (χ1v) is 8.61. The minimum Gasteiger partial charge on any atom is -0.326 e. The first-order valence-electron chi connectivity index (χ1n) is 7.79. The van der Waals surface area contributed by atoms with Crippen LogP contribution in [0.1, 0.15) is 18.4 Å². The molecule has 128 valence electrons. The molecule has 0 unspecified atom stereocenters. The lowest BCUT2D eigenvalue weighted by molar-refractivity contribution is -0.120. The Kier molecular flexibility index (Phi) is 7.02. The number of nitrogens with zero attached hydrogens (tertiary/aromatic N) is 2. The highest BCUT2D eigenvalue weighted by Gasteiger charge is 2.21. The van der Waals surface area contributed by atoms with E-state index in [0.29, 0.717) is 0 Å². The molecule has 2 heterocycles. The fourth-order valence-corrected chi connectivity index (χ4v) is 3.41. The Morgan fingerprint density at radius 1 is 1.25 bits per heavy atom. The van der Waals surface area contributed by atoms with Gasteiger partial charge in [0, 0.05) is 28.9 Å². The van der Waals surface area contributed by atoms with Crippen molar-refractivity contribution in [1.29, 1.82) is 0 Å². The summed E-state index contributed by atoms with van der Waals surface area (Å²) >= 11 is 1.51. The zero-order chi connectivity index (χ0) is 16.1. The number of anilines is 1. The molecule has 1 saturated heterocycles. The number of carbonyl (C=O) groups is 1. The third-order valence-corrected chi connectivity index (χ3v) is 4.80. The molecule has 0 atom stereocenters. The van der Waals surface area contributed by atoms with Crippen LogP contribution in [0.4, 0.5) is 5.69 Å². The molecule has 0 aliphatic carbocycles. The van der Waals surface area contributed by atoms with Crippen molar-refractivity contribution in [2.45, 2.75) is 29.8 Å². The van der Waals surface area contributed by atoms with Crippen molar-refractivity contribution in [2.75, 3.05) is 18.4 Å². The van der Waals surface area contributed by atoms with Crippen LogP contribution in [-0.2, 0) is 4.79 Å². The summed E-state index contributed by atoms with van der Waals surface area (Å²) in [6.45, 7) is 3.85. The fraction of sp³-hybridized carbons (Fsp3) is 0.353. The van der Waals surface area contributed by atoms with E-state index in [1.54, 1.807) is 18.5 Å². The first-order chi connectivity index (χ1) is 11.2. The Hall–Kier alpha value is -1.63. The van der Waals surface area contributed by atoms with E-state index in [1.807, 2.05) is 19.1 Å². The molecule has 7 heteroatoms. The van der Waals surface area contributed by atoms with Gasteiger partial charge in [-0.15, -0.1) is 12.4 Å². The Labute approximate surface area is 152 Å². The van der Waals surface area contributed by atoms with Crippen LogP contribution in [0.2, 0.25) is 0 Å². The lowest BCUT2D eigenvalue weighted by atomic mass is 9.97. The van der Waals surface area contributed by atoms with E-state index in [9.17, 15) is 4.79 Å². The lowest BCUT2D eigenvalue weighted by Crippen LogP contribution is -2.34. The standard InChI is InChI=1S/C17H20N4OS.ClH/c1-12-11-14(23-17-19-7-2-8-20-17)3-4-15(12)21-16(22)13-5-9-18-10-6-13;/h2-4,7-8,11,13,18H,5-6,9-10H2,1H3,(H,21,22);1H. The Morgan fingerprint density at radius 3 is 2.62 bits per heavy atom. The molecule has 1 fully saturated rings. The average Bonchev–Trinajstić information content (AvgIpc) is 2.59. The molecule has 1 aromatic heterocycles. The zero-order valence-electron chi connectivity index (χ0n) is 13.5. The van der Waals surface area contributed by atoms with Gasteiger partial charge < -0.3 is 10.6 Å². The number of aryl methyl sites for hydroxylation is 1. The molecule has 3 rings (SSSR count). The summed E-state index contributed by atoms with van der Waals surface area (Å²) in [6.07, 6.45) is 5.28. The van der Waals surface area contributed by atoms with Crippen LogP contribution in [0.5, 0.6) is 0 Å². The number of hydrogen-bond acceptors (Lipinski definition) is 5. The normalized spacial score (nSPS) is 14.7. The number of halogens is 1. The predicted octanol–water partition coefficient (Wildman–Crippen LogP) is 3.30. The number of nitrogens with one attached hydrogen (secondary N) is 2. The van der Waals surface area contributed by atoms with Gasteiger partial charge in [-0.25, -0.2) is 9.97 Å². The number of hydrogen-bond donors (Lipinski definition) is 2. The predicted molar refractivity (Wildman–Crippen MR) is 98.8 cm³/mol. The van der Waals surface area contributed by atoms with Gasteiger partial charge in [-0.05, 0) is 74.4 Å². The number of aromatic nitrogens is 2. The van der Waals surface area contributed by atoms with Gasteiger partial charge in [0.1, 0.15) is 0 Å². The molecule has 1 amide bonds. The Morgan fingerprint density at radius 2 is 1.96 bits per heavy atom. The van der Waals surface area contributed by atoms with Crippen molar-refractivity contribution in [2.24, 2.45) is 5.92 Å². The van der Waals surface area contributed by atoms with Gasteiger partial charge in [0.25, 0.3) is 0 Å². The Bertz CT molecular complexity index is 678. The molecular formula is C17H21ClN4OS. The van der Waals surface area contributed by atoms with Crippen molar-refractivity contribution in [3.8, 4) is 0 Å². The number of amides is 1. The molecule has 1 aliphatic heterocycles. The van der Waals surface area contributed by atoms with E-state index in [2.05, 4.69) is 26.7 Å². The monoisotopic (exact) mass is 364 g/mol. The summed E-state index contributed by atoms with van der Waals surface area (Å²) in [5.74, 6) is 0.240. The minimum atomic E-state index is 0. The number of piperidine rings is 1. The summed E-state index contributed by atoms with van der Waals surface area (Å²) in [5, 5.41) is 7.07. The highest BCUT2D eigenvalue weighted by molar-refractivity contribution is 7.99. The van der Waals surface area contributed by atoms with Gasteiger partial charge in [-0.2, -0.15) is 0 Å². The summed E-state index contributed by atoms with van der Waals surface area (Å²) in [5.41, 5.74) is 1.93. The second kappa shape index (κ2) is 9.01. The van der Waals surface area contributed by atoms with Gasteiger partial charge >= 0.3 is 0 Å². The van der Waals surface area contributed by atoms with Crippen LogP contribution in [0.3, 0.4) is 0 Å². The van der Waals surface area contributed by atoms with Crippen molar-refractivity contribution < 1.29 is 4.79 Å². The van der Waals surface area contributed by atoms with E-state index in [1.165, 1.54) is 11.8 Å². The van der Waals surface area contributed by atoms with Crippen molar-refractivity contribution >= 4 is 35.8 Å². The molecular weight excluding hydrogens is 344 g/mol. The van der Waals surface area contributed by atoms with Crippen molar-refractivity contribution in [3.63, 3.8) is 0 Å². The van der Waals surface area contributed by atoms with Crippen LogP contribution in [0, 0.1) is 12.8 Å². The third-order valence-electron chi connectivity index (χ3n) is 3.92. The number of rotatable bonds is 4. The Balaban J connectivity index is 0.00000208. The fourth-order valence-electron chi connectivity index (χ4n) is 2.60. The zero-order valence-corrected chi connectivity index (χ0v) is 15.1.